The van der Waals surface area contributed by atoms with Crippen molar-refractivity contribution < 1.29 is 4.79 Å². The van der Waals surface area contributed by atoms with Gasteiger partial charge in [0.15, 0.2) is 16.2 Å². The third kappa shape index (κ3) is 3.36. The Balaban J connectivity index is 1.46. The van der Waals surface area contributed by atoms with E-state index in [-0.39, 0.29) is 5.91 Å². The van der Waals surface area contributed by atoms with Crippen molar-refractivity contribution in [1.82, 2.24) is 34.7 Å². The molecule has 0 bridgehead atoms. The Bertz CT molecular complexity index is 1190. The van der Waals surface area contributed by atoms with Crippen LogP contribution in [0.5, 0.6) is 0 Å². The van der Waals surface area contributed by atoms with Crippen LogP contribution in [0.3, 0.4) is 0 Å². The topological polar surface area (TPSA) is 92.9 Å². The van der Waals surface area contributed by atoms with Crippen molar-refractivity contribution in [3.05, 3.63) is 70.0 Å². The minimum Gasteiger partial charge on any atom is -0.348 e. The summed E-state index contributed by atoms with van der Waals surface area (Å²) in [7, 11) is 0. The Kier molecular flexibility index (Phi) is 4.28. The number of H-pyrrole nitrogens is 1. The molecule has 136 valence electrons. The van der Waals surface area contributed by atoms with Gasteiger partial charge in [0.1, 0.15) is 0 Å². The van der Waals surface area contributed by atoms with Gasteiger partial charge in [0.05, 0.1) is 11.3 Å². The average Bonchev–Trinajstić information content (AvgIpc) is 3.21. The molecule has 4 aromatic heterocycles. The molecule has 0 aromatic carbocycles. The molecule has 0 unspecified atom stereocenters. The minimum atomic E-state index is -0.192. The predicted molar refractivity (Wildman–Crippen MR) is 102 cm³/mol. The molecule has 0 radical (unpaired) electrons. The van der Waals surface area contributed by atoms with Crippen molar-refractivity contribution in [3.63, 3.8) is 0 Å². The molecule has 0 spiro atoms. The second-order valence-electron chi connectivity index (χ2n) is 6.22. The summed E-state index contributed by atoms with van der Waals surface area (Å²) in [5.74, 6) is 0.554. The molecule has 0 aliphatic carbocycles. The van der Waals surface area contributed by atoms with Crippen molar-refractivity contribution in [2.45, 2.75) is 20.4 Å². The van der Waals surface area contributed by atoms with Gasteiger partial charge in [-0.2, -0.15) is 10.2 Å². The van der Waals surface area contributed by atoms with Crippen LogP contribution in [0.4, 0.5) is 0 Å². The molecule has 8 nitrogen and oxygen atoms in total. The number of rotatable bonds is 4. The number of pyridine rings is 2. The maximum atomic E-state index is 12.4. The Hall–Kier alpha value is -3.33. The van der Waals surface area contributed by atoms with Gasteiger partial charge >= 0.3 is 0 Å². The van der Waals surface area contributed by atoms with E-state index in [0.717, 1.165) is 22.8 Å². The monoisotopic (exact) mass is 379 g/mol. The largest absolute Gasteiger partial charge is 0.348 e. The highest BCUT2D eigenvalue weighted by Crippen LogP contribution is 2.11. The number of nitrogens with zero attached hydrogens (tertiary/aromatic N) is 5. The first-order valence-electron chi connectivity index (χ1n) is 8.35. The SMILES string of the molecule is Cc1cc(C)n(-c2ccc(CNC(=O)c3ccc4n[nH]c(=S)n4c3)cn2)n1. The van der Waals surface area contributed by atoms with Gasteiger partial charge in [-0.05, 0) is 55.9 Å². The summed E-state index contributed by atoms with van der Waals surface area (Å²) >= 11 is 5.14. The number of aromatic amines is 1. The van der Waals surface area contributed by atoms with Crippen LogP contribution < -0.4 is 5.32 Å². The maximum Gasteiger partial charge on any atom is 0.253 e. The Labute approximate surface area is 159 Å². The number of aromatic nitrogens is 6. The second-order valence-corrected chi connectivity index (χ2v) is 6.61. The van der Waals surface area contributed by atoms with Crippen LogP contribution in [-0.4, -0.2) is 35.3 Å². The standard InChI is InChI=1S/C18H17N7OS/c1-11-7-12(2)25(23-11)15-5-3-13(8-19-15)9-20-17(26)14-4-6-16-21-22-18(27)24(16)10-14/h3-8,10H,9H2,1-2H3,(H,20,26)(H,22,27). The highest BCUT2D eigenvalue weighted by Gasteiger charge is 2.09. The Morgan fingerprint density at radius 3 is 2.81 bits per heavy atom. The molecule has 0 aliphatic rings. The summed E-state index contributed by atoms with van der Waals surface area (Å²) in [6.07, 6.45) is 3.40. The van der Waals surface area contributed by atoms with Crippen LogP contribution >= 0.6 is 12.2 Å². The van der Waals surface area contributed by atoms with E-state index in [4.69, 9.17) is 12.2 Å². The van der Waals surface area contributed by atoms with E-state index in [9.17, 15) is 4.79 Å². The van der Waals surface area contributed by atoms with E-state index >= 15 is 0 Å². The van der Waals surface area contributed by atoms with Gasteiger partial charge in [-0.15, -0.1) is 0 Å². The molecule has 0 atom stereocenters. The zero-order valence-corrected chi connectivity index (χ0v) is 15.6. The van der Waals surface area contributed by atoms with Gasteiger partial charge in [-0.25, -0.2) is 9.67 Å². The van der Waals surface area contributed by atoms with Crippen molar-refractivity contribution in [1.29, 1.82) is 0 Å². The zero-order chi connectivity index (χ0) is 19.0. The van der Waals surface area contributed by atoms with Crippen LogP contribution in [0.25, 0.3) is 11.5 Å². The molecular formula is C18H17N7OS. The van der Waals surface area contributed by atoms with Crippen molar-refractivity contribution in [2.24, 2.45) is 0 Å². The van der Waals surface area contributed by atoms with E-state index in [1.807, 2.05) is 32.0 Å². The molecule has 27 heavy (non-hydrogen) atoms. The van der Waals surface area contributed by atoms with E-state index in [2.05, 4.69) is 25.6 Å². The van der Waals surface area contributed by atoms with E-state index in [1.54, 1.807) is 33.6 Å². The lowest BCUT2D eigenvalue weighted by Gasteiger charge is -2.07. The molecule has 4 aromatic rings. The Morgan fingerprint density at radius 1 is 1.26 bits per heavy atom. The van der Waals surface area contributed by atoms with Crippen molar-refractivity contribution in [2.75, 3.05) is 0 Å². The van der Waals surface area contributed by atoms with E-state index in [1.165, 1.54) is 0 Å². The molecule has 2 N–H and O–H groups in total. The number of fused-ring (bicyclic) bond motifs is 1. The van der Waals surface area contributed by atoms with Crippen molar-refractivity contribution >= 4 is 23.8 Å². The number of aryl methyl sites for hydroxylation is 2. The smallest absolute Gasteiger partial charge is 0.253 e. The molecule has 1 amide bonds. The first kappa shape index (κ1) is 17.1. The van der Waals surface area contributed by atoms with Crippen LogP contribution in [0.15, 0.2) is 42.7 Å². The summed E-state index contributed by atoms with van der Waals surface area (Å²) < 4.78 is 3.90. The Morgan fingerprint density at radius 2 is 2.11 bits per heavy atom. The third-order valence-corrected chi connectivity index (χ3v) is 4.45. The molecule has 4 heterocycles. The highest BCUT2D eigenvalue weighted by atomic mass is 32.1. The van der Waals surface area contributed by atoms with Gasteiger partial charge in [-0.3, -0.25) is 14.3 Å². The number of carbonyl (C=O) groups is 1. The second kappa shape index (κ2) is 6.76. The fraction of sp³-hybridized carbons (Fsp3) is 0.167. The third-order valence-electron chi connectivity index (χ3n) is 4.16. The van der Waals surface area contributed by atoms with Crippen LogP contribution in [0, 0.1) is 18.6 Å². The van der Waals surface area contributed by atoms with Gasteiger partial charge < -0.3 is 5.32 Å². The van der Waals surface area contributed by atoms with Gasteiger partial charge in [-0.1, -0.05) is 6.07 Å². The van der Waals surface area contributed by atoms with Gasteiger partial charge in [0, 0.05) is 24.6 Å². The maximum absolute atomic E-state index is 12.4. The molecule has 4 rings (SSSR count). The summed E-state index contributed by atoms with van der Waals surface area (Å²) in [5, 5.41) is 14.0. The number of hydrogen-bond acceptors (Lipinski definition) is 5. The quantitative estimate of drug-likeness (QED) is 0.532. The van der Waals surface area contributed by atoms with Crippen molar-refractivity contribution in [3.8, 4) is 5.82 Å². The number of nitrogens with one attached hydrogen (secondary N) is 2. The molecule has 0 aliphatic heterocycles. The molecule has 0 fully saturated rings. The summed E-state index contributed by atoms with van der Waals surface area (Å²) in [4.78, 5) is 16.8. The zero-order valence-electron chi connectivity index (χ0n) is 14.8. The molecule has 0 saturated heterocycles. The lowest BCUT2D eigenvalue weighted by atomic mass is 10.2. The summed E-state index contributed by atoms with van der Waals surface area (Å²) in [6, 6.07) is 9.27. The van der Waals surface area contributed by atoms with Crippen LogP contribution in [0.2, 0.25) is 0 Å². The normalized spacial score (nSPS) is 11.0. The number of amides is 1. The molecular weight excluding hydrogens is 362 g/mol. The first-order chi connectivity index (χ1) is 13.0. The fourth-order valence-electron chi connectivity index (χ4n) is 2.83. The fourth-order valence-corrected chi connectivity index (χ4v) is 3.02. The van der Waals surface area contributed by atoms with E-state index < -0.39 is 0 Å². The summed E-state index contributed by atoms with van der Waals surface area (Å²) in [6.45, 7) is 4.30. The van der Waals surface area contributed by atoms with Gasteiger partial charge in [0.25, 0.3) is 5.91 Å². The molecule has 9 heteroatoms. The molecule has 0 saturated carbocycles. The highest BCUT2D eigenvalue weighted by molar-refractivity contribution is 7.71. The number of carbonyl (C=O) groups excluding carboxylic acids is 1. The first-order valence-corrected chi connectivity index (χ1v) is 8.75. The minimum absolute atomic E-state index is 0.192. The number of hydrogen-bond donors (Lipinski definition) is 2. The average molecular weight is 379 g/mol. The predicted octanol–water partition coefficient (Wildman–Crippen LogP) is 2.52. The lowest BCUT2D eigenvalue weighted by Crippen LogP contribution is -2.23. The van der Waals surface area contributed by atoms with Crippen LogP contribution in [0.1, 0.15) is 27.3 Å². The lowest BCUT2D eigenvalue weighted by molar-refractivity contribution is 0.0950. The summed E-state index contributed by atoms with van der Waals surface area (Å²) in [5.41, 5.74) is 4.04. The van der Waals surface area contributed by atoms with Crippen LogP contribution in [-0.2, 0) is 6.54 Å². The van der Waals surface area contributed by atoms with E-state index in [0.29, 0.717) is 22.5 Å². The van der Waals surface area contributed by atoms with Gasteiger partial charge in [0.2, 0.25) is 0 Å².